The molecule has 1 unspecified atom stereocenters. The van der Waals surface area contributed by atoms with Crippen LogP contribution in [0, 0.1) is 0 Å². The predicted molar refractivity (Wildman–Crippen MR) is 76.0 cm³/mol. The van der Waals surface area contributed by atoms with Crippen molar-refractivity contribution < 1.29 is 4.74 Å². The Kier molecular flexibility index (Phi) is 2.25. The first kappa shape index (κ1) is 10.3. The summed E-state index contributed by atoms with van der Waals surface area (Å²) in [5, 5.41) is 4.78. The van der Waals surface area contributed by atoms with Crippen molar-refractivity contribution in [3.8, 4) is 10.4 Å². The highest BCUT2D eigenvalue weighted by Crippen LogP contribution is 2.42. The smallest absolute Gasteiger partial charge is 0.107 e. The van der Waals surface area contributed by atoms with Gasteiger partial charge in [-0.15, -0.1) is 11.3 Å². The number of thiophene rings is 1. The highest BCUT2D eigenvalue weighted by molar-refractivity contribution is 7.13. The van der Waals surface area contributed by atoms with E-state index in [-0.39, 0.29) is 0 Å². The monoisotopic (exact) mass is 252 g/mol. The summed E-state index contributed by atoms with van der Waals surface area (Å²) < 4.78 is 5.43. The predicted octanol–water partition coefficient (Wildman–Crippen LogP) is 4.64. The van der Waals surface area contributed by atoms with Crippen LogP contribution in [-0.2, 0) is 4.74 Å². The van der Waals surface area contributed by atoms with Crippen LogP contribution in [0.25, 0.3) is 21.2 Å². The second-order valence-corrected chi connectivity index (χ2v) is 5.47. The third-order valence-electron chi connectivity index (χ3n) is 3.41. The lowest BCUT2D eigenvalue weighted by molar-refractivity contribution is 0.416. The molecule has 1 saturated heterocycles. The molecule has 1 atom stereocenters. The van der Waals surface area contributed by atoms with Gasteiger partial charge in [-0.1, -0.05) is 42.5 Å². The zero-order valence-corrected chi connectivity index (χ0v) is 10.6. The van der Waals surface area contributed by atoms with Gasteiger partial charge in [0.1, 0.15) is 6.10 Å². The van der Waals surface area contributed by atoms with E-state index in [4.69, 9.17) is 4.74 Å². The van der Waals surface area contributed by atoms with Gasteiger partial charge in [-0.25, -0.2) is 0 Å². The summed E-state index contributed by atoms with van der Waals surface area (Å²) in [7, 11) is 0. The van der Waals surface area contributed by atoms with Crippen molar-refractivity contribution >= 4 is 22.1 Å². The van der Waals surface area contributed by atoms with E-state index in [0.717, 1.165) is 6.61 Å². The molecule has 0 amide bonds. The molecule has 0 aliphatic carbocycles. The van der Waals surface area contributed by atoms with Crippen LogP contribution in [0.15, 0.2) is 53.9 Å². The van der Waals surface area contributed by atoms with Gasteiger partial charge in [0.05, 0.1) is 6.61 Å². The molecule has 18 heavy (non-hydrogen) atoms. The van der Waals surface area contributed by atoms with Gasteiger partial charge in [-0.2, -0.15) is 0 Å². The molecule has 4 rings (SSSR count). The van der Waals surface area contributed by atoms with Crippen molar-refractivity contribution in [3.05, 3.63) is 59.5 Å². The molecule has 3 aromatic rings. The van der Waals surface area contributed by atoms with Crippen molar-refractivity contribution in [3.63, 3.8) is 0 Å². The second-order valence-electron chi connectivity index (χ2n) is 4.55. The Balaban J connectivity index is 1.98. The fourth-order valence-corrected chi connectivity index (χ4v) is 3.43. The van der Waals surface area contributed by atoms with E-state index in [1.54, 1.807) is 11.3 Å². The number of fused-ring (bicyclic) bond motifs is 1. The minimum Gasteiger partial charge on any atom is -0.368 e. The summed E-state index contributed by atoms with van der Waals surface area (Å²) >= 11 is 1.81. The average Bonchev–Trinajstić information content (AvgIpc) is 3.16. The molecule has 0 bridgehead atoms. The Morgan fingerprint density at radius 2 is 1.83 bits per heavy atom. The Morgan fingerprint density at radius 1 is 1.00 bits per heavy atom. The summed E-state index contributed by atoms with van der Waals surface area (Å²) in [6.45, 7) is 0.870. The second kappa shape index (κ2) is 3.94. The number of ether oxygens (including phenoxy) is 1. The molecule has 1 nitrogen and oxygen atoms in total. The highest BCUT2D eigenvalue weighted by atomic mass is 32.1. The largest absolute Gasteiger partial charge is 0.368 e. The Labute approximate surface area is 110 Å². The first-order chi connectivity index (χ1) is 8.93. The van der Waals surface area contributed by atoms with Gasteiger partial charge < -0.3 is 4.74 Å². The SMILES string of the molecule is c1ccc2c(-c3sccc3C3CO3)cccc2c1. The molecule has 0 radical (unpaired) electrons. The lowest BCUT2D eigenvalue weighted by atomic mass is 10.0. The van der Waals surface area contributed by atoms with Crippen molar-refractivity contribution in [2.75, 3.05) is 6.61 Å². The zero-order valence-electron chi connectivity index (χ0n) is 9.80. The van der Waals surface area contributed by atoms with Crippen molar-refractivity contribution in [1.29, 1.82) is 0 Å². The third-order valence-corrected chi connectivity index (χ3v) is 4.37. The molecule has 2 heterocycles. The Morgan fingerprint density at radius 3 is 2.72 bits per heavy atom. The summed E-state index contributed by atoms with van der Waals surface area (Å²) in [6.07, 6.45) is 0.324. The van der Waals surface area contributed by atoms with E-state index in [0.29, 0.717) is 6.10 Å². The maximum atomic E-state index is 5.43. The number of hydrogen-bond donors (Lipinski definition) is 0. The normalized spacial score (nSPS) is 18.1. The maximum Gasteiger partial charge on any atom is 0.107 e. The van der Waals surface area contributed by atoms with Gasteiger partial charge in [0.25, 0.3) is 0 Å². The zero-order chi connectivity index (χ0) is 11.9. The number of rotatable bonds is 2. The topological polar surface area (TPSA) is 12.5 Å². The first-order valence-electron chi connectivity index (χ1n) is 6.10. The summed E-state index contributed by atoms with van der Waals surface area (Å²) in [4.78, 5) is 1.36. The van der Waals surface area contributed by atoms with E-state index in [1.807, 2.05) is 0 Å². The van der Waals surface area contributed by atoms with Crippen LogP contribution in [0.3, 0.4) is 0 Å². The molecule has 2 heteroatoms. The molecule has 0 N–H and O–H groups in total. The van der Waals surface area contributed by atoms with Crippen LogP contribution >= 0.6 is 11.3 Å². The van der Waals surface area contributed by atoms with Gasteiger partial charge in [-0.05, 0) is 27.8 Å². The highest BCUT2D eigenvalue weighted by Gasteiger charge is 2.28. The lowest BCUT2D eigenvalue weighted by Gasteiger charge is -2.06. The molecule has 1 aromatic heterocycles. The molecule has 88 valence electrons. The van der Waals surface area contributed by atoms with Crippen LogP contribution < -0.4 is 0 Å². The van der Waals surface area contributed by atoms with E-state index in [2.05, 4.69) is 53.9 Å². The summed E-state index contributed by atoms with van der Waals surface area (Å²) in [6, 6.07) is 17.3. The van der Waals surface area contributed by atoms with E-state index < -0.39 is 0 Å². The minimum absolute atomic E-state index is 0.324. The average molecular weight is 252 g/mol. The van der Waals surface area contributed by atoms with Crippen LogP contribution in [0.4, 0.5) is 0 Å². The minimum atomic E-state index is 0.324. The van der Waals surface area contributed by atoms with E-state index >= 15 is 0 Å². The molecule has 0 saturated carbocycles. The maximum absolute atomic E-state index is 5.43. The lowest BCUT2D eigenvalue weighted by Crippen LogP contribution is -1.83. The van der Waals surface area contributed by atoms with Crippen LogP contribution in [0.1, 0.15) is 11.7 Å². The van der Waals surface area contributed by atoms with Crippen molar-refractivity contribution in [2.45, 2.75) is 6.10 Å². The summed E-state index contributed by atoms with van der Waals surface area (Å²) in [5.41, 5.74) is 2.67. The fourth-order valence-electron chi connectivity index (χ4n) is 2.44. The van der Waals surface area contributed by atoms with Crippen molar-refractivity contribution in [1.82, 2.24) is 0 Å². The number of epoxide rings is 1. The standard InChI is InChI=1S/C16H12OS/c1-2-6-12-11(4-1)5-3-7-13(12)16-14(8-9-18-16)15-10-17-15/h1-9,15H,10H2. The van der Waals surface area contributed by atoms with Gasteiger partial charge >= 0.3 is 0 Å². The molecule has 0 spiro atoms. The molecule has 1 aliphatic rings. The first-order valence-corrected chi connectivity index (χ1v) is 6.98. The van der Waals surface area contributed by atoms with Gasteiger partial charge in [0.2, 0.25) is 0 Å². The van der Waals surface area contributed by atoms with Crippen molar-refractivity contribution in [2.24, 2.45) is 0 Å². The quantitative estimate of drug-likeness (QED) is 0.605. The molecule has 2 aromatic carbocycles. The molecule has 1 fully saturated rings. The van der Waals surface area contributed by atoms with Gasteiger partial charge in [-0.3, -0.25) is 0 Å². The molecule has 1 aliphatic heterocycles. The number of hydrogen-bond acceptors (Lipinski definition) is 2. The number of benzene rings is 2. The third kappa shape index (κ3) is 1.57. The fraction of sp³-hybridized carbons (Fsp3) is 0.125. The van der Waals surface area contributed by atoms with Gasteiger partial charge in [0, 0.05) is 10.4 Å². The summed E-state index contributed by atoms with van der Waals surface area (Å²) in [5.74, 6) is 0. The van der Waals surface area contributed by atoms with Crippen LogP contribution in [0.5, 0.6) is 0 Å². The van der Waals surface area contributed by atoms with E-state index in [9.17, 15) is 0 Å². The van der Waals surface area contributed by atoms with Crippen LogP contribution in [-0.4, -0.2) is 6.61 Å². The molecular weight excluding hydrogens is 240 g/mol. The Bertz CT molecular complexity index is 704. The molecular formula is C16H12OS. The van der Waals surface area contributed by atoms with E-state index in [1.165, 1.54) is 26.8 Å². The van der Waals surface area contributed by atoms with Crippen LogP contribution in [0.2, 0.25) is 0 Å². The van der Waals surface area contributed by atoms with Gasteiger partial charge in [0.15, 0.2) is 0 Å². The Hall–Kier alpha value is -1.64.